The number of pyridine rings is 1. The van der Waals surface area contributed by atoms with Gasteiger partial charge in [0.15, 0.2) is 6.10 Å². The average Bonchev–Trinajstić information content (AvgIpc) is 3.33. The highest BCUT2D eigenvalue weighted by Gasteiger charge is 2.45. The Morgan fingerprint density at radius 3 is 2.60 bits per heavy atom. The van der Waals surface area contributed by atoms with E-state index in [1.165, 1.54) is 6.20 Å². The summed E-state index contributed by atoms with van der Waals surface area (Å²) in [5, 5.41) is 10.4. The van der Waals surface area contributed by atoms with E-state index < -0.39 is 23.7 Å². The summed E-state index contributed by atoms with van der Waals surface area (Å²) in [6.45, 7) is 2.51. The highest BCUT2D eigenvalue weighted by atomic mass is 79.9. The number of amidine groups is 1. The van der Waals surface area contributed by atoms with Crippen LogP contribution in [0.1, 0.15) is 37.2 Å². The third-order valence-corrected chi connectivity index (χ3v) is 4.74. The number of nitrogens with zero attached hydrogens (tertiary/aromatic N) is 1. The molecule has 1 heterocycles. The van der Waals surface area contributed by atoms with Gasteiger partial charge in [-0.1, -0.05) is 0 Å². The van der Waals surface area contributed by atoms with E-state index in [-0.39, 0.29) is 27.7 Å². The van der Waals surface area contributed by atoms with Crippen LogP contribution in [0.15, 0.2) is 16.7 Å². The van der Waals surface area contributed by atoms with Gasteiger partial charge in [-0.25, -0.2) is 4.98 Å². The monoisotopic (exact) mass is 422 g/mol. The minimum atomic E-state index is -4.54. The topological polar surface area (TPSA) is 101 Å². The van der Waals surface area contributed by atoms with Crippen molar-refractivity contribution in [2.24, 2.45) is 11.7 Å². The predicted octanol–water partition coefficient (Wildman–Crippen LogP) is 3.01. The fourth-order valence-corrected chi connectivity index (χ4v) is 2.55. The summed E-state index contributed by atoms with van der Waals surface area (Å²) in [6, 6.07) is 1.12. The molecule has 138 valence electrons. The number of hydrogen-bond donors (Lipinski definition) is 3. The van der Waals surface area contributed by atoms with Crippen LogP contribution in [0.25, 0.3) is 0 Å². The fraction of sp³-hybridized carbons (Fsp3) is 0.533. The molecule has 0 bridgehead atoms. The number of carbonyl (C=O) groups is 1. The number of nitrogens with one attached hydrogen (secondary N) is 2. The van der Waals surface area contributed by atoms with Gasteiger partial charge in [0, 0.05) is 12.3 Å². The molecule has 1 saturated carbocycles. The molecule has 25 heavy (non-hydrogen) atoms. The van der Waals surface area contributed by atoms with Crippen molar-refractivity contribution in [2.45, 2.75) is 44.5 Å². The lowest BCUT2D eigenvalue weighted by atomic mass is 9.94. The summed E-state index contributed by atoms with van der Waals surface area (Å²) in [7, 11) is 0. The zero-order valence-electron chi connectivity index (χ0n) is 13.6. The van der Waals surface area contributed by atoms with Crippen molar-refractivity contribution >= 4 is 27.7 Å². The summed E-state index contributed by atoms with van der Waals surface area (Å²) in [4.78, 5) is 16.3. The largest absolute Gasteiger partial charge is 0.480 e. The first-order valence-electron chi connectivity index (χ1n) is 7.51. The number of hydrogen-bond acceptors (Lipinski definition) is 4. The maximum atomic E-state index is 12.7. The zero-order valence-corrected chi connectivity index (χ0v) is 15.2. The molecular weight excluding hydrogens is 405 g/mol. The smallest absolute Gasteiger partial charge is 0.425 e. The summed E-state index contributed by atoms with van der Waals surface area (Å²) in [5.74, 6) is -0.907. The van der Waals surface area contributed by atoms with Gasteiger partial charge in [0.1, 0.15) is 17.3 Å². The lowest BCUT2D eigenvalue weighted by molar-refractivity contribution is -0.189. The van der Waals surface area contributed by atoms with Crippen LogP contribution in [-0.2, 0) is 0 Å². The standard InChI is InChI=1S/C15H18BrF3N4O2/c1-7(15(17,18)19)25-11-5-10(22-6-9(11)16)12(24)23-14(2,13(20)21)8-3-4-8/h5-8H,3-4H2,1-2H3,(H3,20,21)(H,23,24)/t7-,14?/m0/s1. The van der Waals surface area contributed by atoms with Gasteiger partial charge in [-0.3, -0.25) is 10.2 Å². The number of alkyl halides is 3. The highest BCUT2D eigenvalue weighted by molar-refractivity contribution is 9.10. The van der Waals surface area contributed by atoms with Gasteiger partial charge < -0.3 is 15.8 Å². The van der Waals surface area contributed by atoms with Gasteiger partial charge in [0.25, 0.3) is 5.91 Å². The predicted molar refractivity (Wildman–Crippen MR) is 88.6 cm³/mol. The molecule has 1 amide bonds. The molecule has 0 spiro atoms. The average molecular weight is 423 g/mol. The van der Waals surface area contributed by atoms with Gasteiger partial charge in [0.2, 0.25) is 0 Å². The van der Waals surface area contributed by atoms with Crippen LogP contribution < -0.4 is 15.8 Å². The van der Waals surface area contributed by atoms with Gasteiger partial charge in [-0.05, 0) is 48.5 Å². The number of halogens is 4. The first kappa shape index (κ1) is 19.5. The molecule has 1 aromatic rings. The number of aromatic nitrogens is 1. The van der Waals surface area contributed by atoms with Crippen molar-refractivity contribution in [3.05, 3.63) is 22.4 Å². The second-order valence-electron chi connectivity index (χ2n) is 6.15. The van der Waals surface area contributed by atoms with E-state index in [1.54, 1.807) is 6.92 Å². The van der Waals surface area contributed by atoms with Crippen LogP contribution in [0, 0.1) is 11.3 Å². The number of rotatable bonds is 6. The number of carbonyl (C=O) groups excluding carboxylic acids is 1. The molecule has 2 atom stereocenters. The van der Waals surface area contributed by atoms with Crippen molar-refractivity contribution in [2.75, 3.05) is 0 Å². The molecule has 1 aliphatic rings. The maximum absolute atomic E-state index is 12.7. The molecule has 2 rings (SSSR count). The molecule has 1 fully saturated rings. The van der Waals surface area contributed by atoms with E-state index in [0.717, 1.165) is 25.8 Å². The maximum Gasteiger partial charge on any atom is 0.425 e. The Labute approximate surface area is 151 Å². The SMILES string of the molecule is C[C@H](Oc1cc(C(=O)NC(C)(C(=N)N)C2CC2)ncc1Br)C(F)(F)F. The van der Waals surface area contributed by atoms with E-state index >= 15 is 0 Å². The Hall–Kier alpha value is -1.84. The van der Waals surface area contributed by atoms with E-state index in [0.29, 0.717) is 0 Å². The molecule has 4 N–H and O–H groups in total. The molecule has 0 saturated heterocycles. The molecule has 0 aliphatic heterocycles. The van der Waals surface area contributed by atoms with Gasteiger partial charge >= 0.3 is 6.18 Å². The molecule has 0 radical (unpaired) electrons. The Kier molecular flexibility index (Phi) is 5.31. The van der Waals surface area contributed by atoms with Crippen LogP contribution in [-0.4, -0.2) is 34.5 Å². The van der Waals surface area contributed by atoms with E-state index in [2.05, 4.69) is 26.2 Å². The summed E-state index contributed by atoms with van der Waals surface area (Å²) in [6.07, 6.45) is -3.72. The molecule has 6 nitrogen and oxygen atoms in total. The number of amides is 1. The van der Waals surface area contributed by atoms with Crippen molar-refractivity contribution in [3.8, 4) is 5.75 Å². The van der Waals surface area contributed by atoms with E-state index in [4.69, 9.17) is 15.9 Å². The lowest BCUT2D eigenvalue weighted by Crippen LogP contribution is -2.56. The normalized spacial score (nSPS) is 18.2. The van der Waals surface area contributed by atoms with E-state index in [1.807, 2.05) is 0 Å². The molecular formula is C15H18BrF3N4O2. The second kappa shape index (κ2) is 6.81. The van der Waals surface area contributed by atoms with Crippen molar-refractivity contribution in [3.63, 3.8) is 0 Å². The van der Waals surface area contributed by atoms with Crippen molar-refractivity contribution in [1.82, 2.24) is 10.3 Å². The Bertz CT molecular complexity index is 694. The zero-order chi connectivity index (χ0) is 19.0. The highest BCUT2D eigenvalue weighted by Crippen LogP contribution is 2.39. The Morgan fingerprint density at radius 2 is 2.12 bits per heavy atom. The Balaban J connectivity index is 2.20. The first-order chi connectivity index (χ1) is 11.4. The molecule has 1 aromatic heterocycles. The molecule has 0 aromatic carbocycles. The van der Waals surface area contributed by atoms with Crippen molar-refractivity contribution in [1.29, 1.82) is 5.41 Å². The quantitative estimate of drug-likeness (QED) is 0.484. The van der Waals surface area contributed by atoms with Crippen molar-refractivity contribution < 1.29 is 22.7 Å². The van der Waals surface area contributed by atoms with E-state index in [9.17, 15) is 18.0 Å². The van der Waals surface area contributed by atoms with Crippen LogP contribution in [0.2, 0.25) is 0 Å². The minimum absolute atomic E-state index is 0.0605. The van der Waals surface area contributed by atoms with Crippen LogP contribution in [0.3, 0.4) is 0 Å². The van der Waals surface area contributed by atoms with Crippen LogP contribution in [0.4, 0.5) is 13.2 Å². The van der Waals surface area contributed by atoms with Crippen LogP contribution in [0.5, 0.6) is 5.75 Å². The second-order valence-corrected chi connectivity index (χ2v) is 7.00. The lowest BCUT2D eigenvalue weighted by Gasteiger charge is -2.29. The van der Waals surface area contributed by atoms with Crippen LogP contribution >= 0.6 is 15.9 Å². The summed E-state index contributed by atoms with van der Waals surface area (Å²) < 4.78 is 43.1. The minimum Gasteiger partial charge on any atom is -0.480 e. The third kappa shape index (κ3) is 4.42. The molecule has 1 unspecified atom stereocenters. The van der Waals surface area contributed by atoms with Gasteiger partial charge in [0.05, 0.1) is 10.0 Å². The van der Waals surface area contributed by atoms with Gasteiger partial charge in [-0.15, -0.1) is 0 Å². The van der Waals surface area contributed by atoms with Gasteiger partial charge in [-0.2, -0.15) is 13.2 Å². The molecule has 1 aliphatic carbocycles. The summed E-state index contributed by atoms with van der Waals surface area (Å²) in [5.41, 5.74) is 4.46. The molecule has 10 heteroatoms. The summed E-state index contributed by atoms with van der Waals surface area (Å²) >= 11 is 3.05. The first-order valence-corrected chi connectivity index (χ1v) is 8.30. The number of ether oxygens (including phenoxy) is 1. The fourth-order valence-electron chi connectivity index (χ4n) is 2.24. The third-order valence-electron chi connectivity index (χ3n) is 4.14. The Morgan fingerprint density at radius 1 is 1.52 bits per heavy atom. The number of nitrogens with two attached hydrogens (primary N) is 1.